The summed E-state index contributed by atoms with van der Waals surface area (Å²) in [5.74, 6) is -1.18. The molecule has 7 nitrogen and oxygen atoms in total. The first kappa shape index (κ1) is 15.7. The summed E-state index contributed by atoms with van der Waals surface area (Å²) in [6.07, 6.45) is 2.85. The second-order valence-electron chi connectivity index (χ2n) is 5.31. The average molecular weight is 314 g/mol. The molecule has 0 bridgehead atoms. The largest absolute Gasteiger partial charge is 0.478 e. The van der Waals surface area contributed by atoms with Gasteiger partial charge < -0.3 is 15.9 Å². The predicted octanol–water partition coefficient (Wildman–Crippen LogP) is 0.550. The van der Waals surface area contributed by atoms with Gasteiger partial charge in [0.25, 0.3) is 0 Å². The van der Waals surface area contributed by atoms with Crippen molar-refractivity contribution < 1.29 is 23.4 Å². The van der Waals surface area contributed by atoms with Crippen LogP contribution in [0.4, 0.5) is 5.69 Å². The predicted molar refractivity (Wildman–Crippen MR) is 76.4 cm³/mol. The molecule has 0 aliphatic heterocycles. The van der Waals surface area contributed by atoms with Gasteiger partial charge in [0.15, 0.2) is 0 Å². The topological polar surface area (TPSA) is 130 Å². The smallest absolute Gasteiger partial charge is 0.335 e. The minimum absolute atomic E-state index is 0.0740. The van der Waals surface area contributed by atoms with Crippen LogP contribution in [0.3, 0.4) is 0 Å². The number of hydrogen-bond donors (Lipinski definition) is 4. The fourth-order valence-corrected chi connectivity index (χ4v) is 3.67. The zero-order chi connectivity index (χ0) is 15.7. The fraction of sp³-hybridized carbons (Fsp3) is 0.462. The van der Waals surface area contributed by atoms with E-state index in [1.165, 1.54) is 6.07 Å². The van der Waals surface area contributed by atoms with Crippen LogP contribution in [-0.2, 0) is 10.0 Å². The van der Waals surface area contributed by atoms with Gasteiger partial charge in [-0.1, -0.05) is 12.8 Å². The monoisotopic (exact) mass is 314 g/mol. The molecule has 1 saturated carbocycles. The van der Waals surface area contributed by atoms with Crippen LogP contribution in [-0.4, -0.2) is 36.7 Å². The van der Waals surface area contributed by atoms with Crippen LogP contribution in [0.5, 0.6) is 0 Å². The molecule has 0 radical (unpaired) electrons. The summed E-state index contributed by atoms with van der Waals surface area (Å²) >= 11 is 0. The molecule has 8 heteroatoms. The SMILES string of the molecule is Nc1cc(C(=O)O)ccc1S(=O)(=O)NCC1(O)CCCC1. The highest BCUT2D eigenvalue weighted by molar-refractivity contribution is 7.89. The van der Waals surface area contributed by atoms with E-state index in [4.69, 9.17) is 10.8 Å². The maximum atomic E-state index is 12.2. The van der Waals surface area contributed by atoms with Crippen molar-refractivity contribution in [3.8, 4) is 0 Å². The van der Waals surface area contributed by atoms with Gasteiger partial charge in [0.2, 0.25) is 10.0 Å². The van der Waals surface area contributed by atoms with Gasteiger partial charge in [-0.15, -0.1) is 0 Å². The third-order valence-electron chi connectivity index (χ3n) is 3.67. The number of carboxylic acid groups (broad SMARTS) is 1. The van der Waals surface area contributed by atoms with E-state index < -0.39 is 21.6 Å². The zero-order valence-corrected chi connectivity index (χ0v) is 12.2. The highest BCUT2D eigenvalue weighted by Gasteiger charge is 2.32. The Bertz CT molecular complexity index is 651. The number of aliphatic hydroxyl groups is 1. The van der Waals surface area contributed by atoms with Crippen LogP contribution in [0.15, 0.2) is 23.1 Å². The van der Waals surface area contributed by atoms with Crippen LogP contribution >= 0.6 is 0 Å². The summed E-state index contributed by atoms with van der Waals surface area (Å²) in [5, 5.41) is 19.0. The minimum Gasteiger partial charge on any atom is -0.478 e. The van der Waals surface area contributed by atoms with Crippen molar-refractivity contribution in [3.05, 3.63) is 23.8 Å². The molecule has 1 aromatic carbocycles. The van der Waals surface area contributed by atoms with Crippen LogP contribution in [0.2, 0.25) is 0 Å². The molecule has 1 fully saturated rings. The zero-order valence-electron chi connectivity index (χ0n) is 11.4. The second-order valence-corrected chi connectivity index (χ2v) is 7.05. The molecule has 0 spiro atoms. The molecule has 116 valence electrons. The molecule has 0 amide bonds. The molecule has 0 atom stereocenters. The number of hydrogen-bond acceptors (Lipinski definition) is 5. The molecule has 21 heavy (non-hydrogen) atoms. The lowest BCUT2D eigenvalue weighted by Crippen LogP contribution is -2.40. The molecule has 2 rings (SSSR count). The average Bonchev–Trinajstić information content (AvgIpc) is 2.84. The standard InChI is InChI=1S/C13H18N2O5S/c14-10-7-9(12(16)17)3-4-11(10)21(19,20)15-8-13(18)5-1-2-6-13/h3-4,7,15,18H,1-2,5-6,8,14H2,(H,16,17). The number of sulfonamides is 1. The fourth-order valence-electron chi connectivity index (χ4n) is 2.44. The molecule has 0 saturated heterocycles. The van der Waals surface area contributed by atoms with E-state index in [0.717, 1.165) is 25.0 Å². The van der Waals surface area contributed by atoms with E-state index in [-0.39, 0.29) is 22.7 Å². The van der Waals surface area contributed by atoms with Crippen molar-refractivity contribution in [2.24, 2.45) is 0 Å². The lowest BCUT2D eigenvalue weighted by molar-refractivity contribution is 0.0531. The van der Waals surface area contributed by atoms with E-state index in [1.54, 1.807) is 0 Å². The molecule has 5 N–H and O–H groups in total. The highest BCUT2D eigenvalue weighted by Crippen LogP contribution is 2.29. The summed E-state index contributed by atoms with van der Waals surface area (Å²) in [5.41, 5.74) is 4.39. The maximum Gasteiger partial charge on any atom is 0.335 e. The van der Waals surface area contributed by atoms with E-state index in [1.807, 2.05) is 0 Å². The number of carboxylic acids is 1. The van der Waals surface area contributed by atoms with Gasteiger partial charge in [0.05, 0.1) is 16.9 Å². The lowest BCUT2D eigenvalue weighted by atomic mass is 10.0. The van der Waals surface area contributed by atoms with Crippen molar-refractivity contribution >= 4 is 21.7 Å². The molecule has 0 heterocycles. The van der Waals surface area contributed by atoms with Crippen LogP contribution in [0, 0.1) is 0 Å². The van der Waals surface area contributed by atoms with E-state index in [9.17, 15) is 18.3 Å². The molecular weight excluding hydrogens is 296 g/mol. The lowest BCUT2D eigenvalue weighted by Gasteiger charge is -2.22. The number of nitrogens with one attached hydrogen (secondary N) is 1. The Morgan fingerprint density at radius 1 is 1.33 bits per heavy atom. The Labute approximate surface area is 122 Å². The van der Waals surface area contributed by atoms with Crippen molar-refractivity contribution in [1.82, 2.24) is 4.72 Å². The normalized spacial score (nSPS) is 17.8. The number of anilines is 1. The third-order valence-corrected chi connectivity index (χ3v) is 5.15. The van der Waals surface area contributed by atoms with E-state index >= 15 is 0 Å². The number of aromatic carboxylic acids is 1. The van der Waals surface area contributed by atoms with E-state index in [2.05, 4.69) is 4.72 Å². The second kappa shape index (κ2) is 5.63. The van der Waals surface area contributed by atoms with Crippen LogP contribution in [0.1, 0.15) is 36.0 Å². The molecular formula is C13H18N2O5S. The maximum absolute atomic E-state index is 12.2. The number of benzene rings is 1. The summed E-state index contributed by atoms with van der Waals surface area (Å²) in [4.78, 5) is 10.6. The van der Waals surface area contributed by atoms with Gasteiger partial charge in [-0.3, -0.25) is 0 Å². The summed E-state index contributed by atoms with van der Waals surface area (Å²) in [6, 6.07) is 3.43. The van der Waals surface area contributed by atoms with Gasteiger partial charge in [-0.25, -0.2) is 17.9 Å². The first-order chi connectivity index (χ1) is 9.73. The van der Waals surface area contributed by atoms with Crippen LogP contribution in [0.25, 0.3) is 0 Å². The molecule has 0 aromatic heterocycles. The quantitative estimate of drug-likeness (QED) is 0.587. The van der Waals surface area contributed by atoms with Gasteiger partial charge in [0, 0.05) is 6.54 Å². The Morgan fingerprint density at radius 2 is 1.95 bits per heavy atom. The van der Waals surface area contributed by atoms with Gasteiger partial charge in [-0.05, 0) is 31.0 Å². The Kier molecular flexibility index (Phi) is 4.22. The summed E-state index contributed by atoms with van der Waals surface area (Å²) < 4.78 is 26.7. The first-order valence-electron chi connectivity index (χ1n) is 6.58. The number of nitrogen functional groups attached to an aromatic ring is 1. The van der Waals surface area contributed by atoms with Crippen molar-refractivity contribution in [1.29, 1.82) is 0 Å². The van der Waals surface area contributed by atoms with Crippen molar-refractivity contribution in [2.75, 3.05) is 12.3 Å². The van der Waals surface area contributed by atoms with E-state index in [0.29, 0.717) is 12.8 Å². The molecule has 0 unspecified atom stereocenters. The summed E-state index contributed by atoms with van der Waals surface area (Å²) in [7, 11) is -3.89. The van der Waals surface area contributed by atoms with Gasteiger partial charge >= 0.3 is 5.97 Å². The number of carbonyl (C=O) groups is 1. The van der Waals surface area contributed by atoms with Crippen molar-refractivity contribution in [2.45, 2.75) is 36.2 Å². The molecule has 1 aliphatic carbocycles. The van der Waals surface area contributed by atoms with Gasteiger partial charge in [-0.2, -0.15) is 0 Å². The summed E-state index contributed by atoms with van der Waals surface area (Å²) in [6.45, 7) is -0.0740. The number of rotatable bonds is 5. The van der Waals surface area contributed by atoms with Crippen LogP contribution < -0.4 is 10.5 Å². The third kappa shape index (κ3) is 3.52. The molecule has 1 aromatic rings. The Balaban J connectivity index is 2.17. The molecule has 1 aliphatic rings. The Morgan fingerprint density at radius 3 is 2.48 bits per heavy atom. The number of nitrogens with two attached hydrogens (primary N) is 1. The van der Waals surface area contributed by atoms with Crippen molar-refractivity contribution in [3.63, 3.8) is 0 Å². The highest BCUT2D eigenvalue weighted by atomic mass is 32.2. The minimum atomic E-state index is -3.89. The first-order valence-corrected chi connectivity index (χ1v) is 8.07. The van der Waals surface area contributed by atoms with Gasteiger partial charge in [0.1, 0.15) is 4.90 Å². The Hall–Kier alpha value is -1.64.